The van der Waals surface area contributed by atoms with E-state index in [-0.39, 0.29) is 25.1 Å². The standard InChI is InChI=1S/C19H20BrNO6/c1-11(6-7-22)18(14-8-12(20)2-4-15(14)23)27-19(24)21-13-3-5-16-17(9-13)26-10-25-16/h2-5,8-9,11,18,22-23H,6-7,10H2,1H3,(H,21,24)/t11-,18+/m1/s1. The molecule has 0 fully saturated rings. The van der Waals surface area contributed by atoms with Crippen molar-refractivity contribution < 1.29 is 29.2 Å². The second-order valence-electron chi connectivity index (χ2n) is 6.21. The summed E-state index contributed by atoms with van der Waals surface area (Å²) in [5, 5.41) is 22.1. The van der Waals surface area contributed by atoms with E-state index in [0.717, 1.165) is 4.47 Å². The third kappa shape index (κ3) is 4.64. The number of phenols is 1. The van der Waals surface area contributed by atoms with Crippen LogP contribution in [0.5, 0.6) is 17.2 Å². The molecule has 2 atom stereocenters. The summed E-state index contributed by atoms with van der Waals surface area (Å²) in [4.78, 5) is 12.4. The summed E-state index contributed by atoms with van der Waals surface area (Å²) in [6.07, 6.45) is -1.000. The second kappa shape index (κ2) is 8.49. The second-order valence-corrected chi connectivity index (χ2v) is 7.13. The number of hydrogen-bond acceptors (Lipinski definition) is 6. The number of fused-ring (bicyclic) bond motifs is 1. The van der Waals surface area contributed by atoms with E-state index < -0.39 is 12.2 Å². The number of benzene rings is 2. The number of carbonyl (C=O) groups is 1. The van der Waals surface area contributed by atoms with Gasteiger partial charge >= 0.3 is 6.09 Å². The topological polar surface area (TPSA) is 97.3 Å². The number of amides is 1. The van der Waals surface area contributed by atoms with Gasteiger partial charge in [0.15, 0.2) is 11.5 Å². The zero-order valence-corrected chi connectivity index (χ0v) is 16.2. The molecule has 3 rings (SSSR count). The van der Waals surface area contributed by atoms with Crippen LogP contribution in [-0.2, 0) is 4.74 Å². The highest BCUT2D eigenvalue weighted by Crippen LogP contribution is 2.37. The average Bonchev–Trinajstić information content (AvgIpc) is 3.10. The van der Waals surface area contributed by atoms with Gasteiger partial charge < -0.3 is 24.4 Å². The molecule has 2 aromatic carbocycles. The van der Waals surface area contributed by atoms with E-state index in [1.54, 1.807) is 30.3 Å². The van der Waals surface area contributed by atoms with Crippen LogP contribution in [0, 0.1) is 5.92 Å². The number of rotatable bonds is 6. The largest absolute Gasteiger partial charge is 0.508 e. The Bertz CT molecular complexity index is 828. The molecule has 7 nitrogen and oxygen atoms in total. The molecule has 0 unspecified atom stereocenters. The van der Waals surface area contributed by atoms with Crippen LogP contribution in [0.25, 0.3) is 0 Å². The quantitative estimate of drug-likeness (QED) is 0.626. The Labute approximate surface area is 165 Å². The van der Waals surface area contributed by atoms with Crippen LogP contribution in [0.15, 0.2) is 40.9 Å². The van der Waals surface area contributed by atoms with E-state index in [0.29, 0.717) is 29.2 Å². The summed E-state index contributed by atoms with van der Waals surface area (Å²) in [6.45, 7) is 1.93. The number of halogens is 1. The molecule has 27 heavy (non-hydrogen) atoms. The molecule has 0 spiro atoms. The van der Waals surface area contributed by atoms with E-state index in [9.17, 15) is 15.0 Å². The molecule has 1 amide bonds. The fourth-order valence-corrected chi connectivity index (χ4v) is 3.21. The summed E-state index contributed by atoms with van der Waals surface area (Å²) >= 11 is 3.36. The average molecular weight is 438 g/mol. The summed E-state index contributed by atoms with van der Waals surface area (Å²) in [5.74, 6) is 0.964. The van der Waals surface area contributed by atoms with Gasteiger partial charge in [0.1, 0.15) is 11.9 Å². The highest BCUT2D eigenvalue weighted by Gasteiger charge is 2.26. The monoisotopic (exact) mass is 437 g/mol. The molecule has 2 aromatic rings. The van der Waals surface area contributed by atoms with Crippen molar-refractivity contribution in [3.05, 3.63) is 46.4 Å². The molecular formula is C19H20BrNO6. The van der Waals surface area contributed by atoms with Crippen LogP contribution in [0.1, 0.15) is 25.0 Å². The lowest BCUT2D eigenvalue weighted by molar-refractivity contribution is 0.0652. The van der Waals surface area contributed by atoms with Crippen molar-refractivity contribution in [3.8, 4) is 17.2 Å². The Morgan fingerprint density at radius 2 is 2.04 bits per heavy atom. The van der Waals surface area contributed by atoms with Gasteiger partial charge in [0.05, 0.1) is 0 Å². The number of aliphatic hydroxyl groups excluding tert-OH is 1. The molecule has 0 saturated carbocycles. The third-order valence-corrected chi connectivity index (χ3v) is 4.74. The van der Waals surface area contributed by atoms with Gasteiger partial charge in [-0.15, -0.1) is 0 Å². The minimum absolute atomic E-state index is 0.0175. The highest BCUT2D eigenvalue weighted by atomic mass is 79.9. The molecule has 0 radical (unpaired) electrons. The van der Waals surface area contributed by atoms with Gasteiger partial charge in [-0.05, 0) is 42.7 Å². The predicted molar refractivity (Wildman–Crippen MR) is 102 cm³/mol. The zero-order valence-electron chi connectivity index (χ0n) is 14.6. The minimum Gasteiger partial charge on any atom is -0.508 e. The first-order chi connectivity index (χ1) is 13.0. The Morgan fingerprint density at radius 3 is 2.81 bits per heavy atom. The molecule has 1 aliphatic rings. The van der Waals surface area contributed by atoms with E-state index in [2.05, 4.69) is 21.2 Å². The van der Waals surface area contributed by atoms with Gasteiger partial charge in [-0.1, -0.05) is 22.9 Å². The van der Waals surface area contributed by atoms with Crippen molar-refractivity contribution in [2.24, 2.45) is 5.92 Å². The maximum atomic E-state index is 12.4. The van der Waals surface area contributed by atoms with E-state index in [4.69, 9.17) is 14.2 Å². The number of carbonyl (C=O) groups excluding carboxylic acids is 1. The van der Waals surface area contributed by atoms with Crippen molar-refractivity contribution in [2.45, 2.75) is 19.4 Å². The highest BCUT2D eigenvalue weighted by molar-refractivity contribution is 9.10. The predicted octanol–water partition coefficient (Wildman–Crippen LogP) is 4.19. The van der Waals surface area contributed by atoms with Gasteiger partial charge in [-0.3, -0.25) is 5.32 Å². The van der Waals surface area contributed by atoms with E-state index in [1.807, 2.05) is 6.92 Å². The number of anilines is 1. The summed E-state index contributed by atoms with van der Waals surface area (Å²) in [6, 6.07) is 9.94. The van der Waals surface area contributed by atoms with Crippen molar-refractivity contribution >= 4 is 27.7 Å². The Kier molecular flexibility index (Phi) is 6.08. The zero-order chi connectivity index (χ0) is 19.4. The number of phenolic OH excluding ortho intramolecular Hbond substituents is 1. The van der Waals surface area contributed by atoms with Crippen LogP contribution in [0.3, 0.4) is 0 Å². The lowest BCUT2D eigenvalue weighted by Gasteiger charge is -2.25. The smallest absolute Gasteiger partial charge is 0.412 e. The van der Waals surface area contributed by atoms with E-state index in [1.165, 1.54) is 6.07 Å². The van der Waals surface area contributed by atoms with Gasteiger partial charge in [0, 0.05) is 28.4 Å². The Morgan fingerprint density at radius 1 is 1.26 bits per heavy atom. The normalized spacial score (nSPS) is 14.5. The van der Waals surface area contributed by atoms with Crippen molar-refractivity contribution in [3.63, 3.8) is 0 Å². The molecule has 0 bridgehead atoms. The molecular weight excluding hydrogens is 418 g/mol. The van der Waals surface area contributed by atoms with E-state index >= 15 is 0 Å². The molecule has 144 valence electrons. The Hall–Kier alpha value is -2.45. The number of ether oxygens (including phenoxy) is 3. The fourth-order valence-electron chi connectivity index (χ4n) is 2.83. The molecule has 0 aromatic heterocycles. The molecule has 1 aliphatic heterocycles. The lowest BCUT2D eigenvalue weighted by Crippen LogP contribution is -2.22. The van der Waals surface area contributed by atoms with Gasteiger partial charge in [-0.25, -0.2) is 4.79 Å². The van der Waals surface area contributed by atoms with Crippen LogP contribution in [-0.4, -0.2) is 29.7 Å². The van der Waals surface area contributed by atoms with Gasteiger partial charge in [-0.2, -0.15) is 0 Å². The maximum absolute atomic E-state index is 12.4. The van der Waals surface area contributed by atoms with Crippen LogP contribution < -0.4 is 14.8 Å². The summed E-state index contributed by atoms with van der Waals surface area (Å²) in [5.41, 5.74) is 0.961. The molecule has 3 N–H and O–H groups in total. The molecule has 0 aliphatic carbocycles. The number of aromatic hydroxyl groups is 1. The van der Waals surface area contributed by atoms with Crippen LogP contribution in [0.2, 0.25) is 0 Å². The first-order valence-corrected chi connectivity index (χ1v) is 9.24. The molecule has 1 heterocycles. The van der Waals surface area contributed by atoms with Crippen LogP contribution in [0.4, 0.5) is 10.5 Å². The summed E-state index contributed by atoms with van der Waals surface area (Å²) < 4.78 is 16.9. The molecule has 0 saturated heterocycles. The first-order valence-electron chi connectivity index (χ1n) is 8.44. The fraction of sp³-hybridized carbons (Fsp3) is 0.316. The lowest BCUT2D eigenvalue weighted by atomic mass is 9.94. The van der Waals surface area contributed by atoms with Crippen molar-refractivity contribution in [1.82, 2.24) is 0 Å². The SMILES string of the molecule is C[C@H](CCO)[C@H](OC(=O)Nc1ccc2c(c1)OCO2)c1cc(Br)ccc1O. The Balaban J connectivity index is 1.77. The third-order valence-electron chi connectivity index (χ3n) is 4.25. The number of nitrogens with one attached hydrogen (secondary N) is 1. The van der Waals surface area contributed by atoms with Crippen molar-refractivity contribution in [2.75, 3.05) is 18.7 Å². The summed E-state index contributed by atoms with van der Waals surface area (Å²) in [7, 11) is 0. The number of aliphatic hydroxyl groups is 1. The van der Waals surface area contributed by atoms with Gasteiger partial charge in [0.25, 0.3) is 0 Å². The minimum atomic E-state index is -0.733. The maximum Gasteiger partial charge on any atom is 0.412 e. The van der Waals surface area contributed by atoms with Gasteiger partial charge in [0.2, 0.25) is 6.79 Å². The first kappa shape index (κ1) is 19.3. The number of hydrogen-bond donors (Lipinski definition) is 3. The van der Waals surface area contributed by atoms with Crippen molar-refractivity contribution in [1.29, 1.82) is 0 Å². The van der Waals surface area contributed by atoms with Crippen LogP contribution >= 0.6 is 15.9 Å². The molecule has 8 heteroatoms.